The Bertz CT molecular complexity index is 97.2. The summed E-state index contributed by atoms with van der Waals surface area (Å²) in [6.07, 6.45) is 4.49. The summed E-state index contributed by atoms with van der Waals surface area (Å²) in [5.41, 5.74) is 0. The number of ketones is 1. The van der Waals surface area contributed by atoms with Crippen LogP contribution in [0.1, 0.15) is 60.3 Å². The average molecular weight is 172 g/mol. The average Bonchev–Trinajstić information content (AvgIpc) is 2.09. The Labute approximate surface area is 77.6 Å². The highest BCUT2D eigenvalue weighted by Gasteiger charge is 2.09. The summed E-state index contributed by atoms with van der Waals surface area (Å²) in [5.74, 6) is 0.691. The molecule has 1 heteroatoms. The molecule has 12 heavy (non-hydrogen) atoms. The summed E-state index contributed by atoms with van der Waals surface area (Å²) in [6.45, 7) is 9.94. The van der Waals surface area contributed by atoms with Gasteiger partial charge in [0, 0.05) is 5.92 Å². The molecule has 0 radical (unpaired) electrons. The number of rotatable bonds is 5. The maximum Gasteiger partial charge on any atom is 0.132 e. The van der Waals surface area contributed by atoms with Crippen LogP contribution in [0.15, 0.2) is 0 Å². The van der Waals surface area contributed by atoms with Gasteiger partial charge >= 0.3 is 0 Å². The molecule has 0 rings (SSSR count). The van der Waals surface area contributed by atoms with Gasteiger partial charge in [-0.3, -0.25) is 4.79 Å². The molecule has 1 nitrogen and oxygen atoms in total. The van der Waals surface area contributed by atoms with Gasteiger partial charge in [-0.1, -0.05) is 40.5 Å². The highest BCUT2D eigenvalue weighted by molar-refractivity contribution is 5.78. The standard InChI is InChI=1S/C9H18O.C2H6/c1-4-6-7-9(5-2)8(3)10;1-2/h9H,4-7H2,1-3H3;1-2H3. The third-order valence-electron chi connectivity index (χ3n) is 1.97. The zero-order chi connectivity index (χ0) is 9.98. The minimum atomic E-state index is 0.333. The van der Waals surface area contributed by atoms with Crippen molar-refractivity contribution < 1.29 is 4.79 Å². The normalized spacial score (nSPS) is 11.4. The number of hydrogen-bond acceptors (Lipinski definition) is 1. The molecule has 0 spiro atoms. The lowest BCUT2D eigenvalue weighted by molar-refractivity contribution is -0.121. The summed E-state index contributed by atoms with van der Waals surface area (Å²) in [5, 5.41) is 0. The Hall–Kier alpha value is -0.330. The molecule has 0 aliphatic heterocycles. The first-order valence-electron chi connectivity index (χ1n) is 5.22. The van der Waals surface area contributed by atoms with Gasteiger partial charge in [0.1, 0.15) is 5.78 Å². The van der Waals surface area contributed by atoms with Crippen molar-refractivity contribution >= 4 is 5.78 Å². The minimum Gasteiger partial charge on any atom is -0.300 e. The van der Waals surface area contributed by atoms with Crippen LogP contribution in [0.4, 0.5) is 0 Å². The van der Waals surface area contributed by atoms with Crippen LogP contribution in [-0.4, -0.2) is 5.78 Å². The van der Waals surface area contributed by atoms with Gasteiger partial charge < -0.3 is 0 Å². The Balaban J connectivity index is 0. The van der Waals surface area contributed by atoms with Crippen molar-refractivity contribution in [3.63, 3.8) is 0 Å². The first-order chi connectivity index (χ1) is 5.72. The molecular weight excluding hydrogens is 148 g/mol. The SMILES string of the molecule is CC.CCCCC(CC)C(C)=O. The van der Waals surface area contributed by atoms with E-state index in [1.807, 2.05) is 13.8 Å². The molecule has 0 amide bonds. The van der Waals surface area contributed by atoms with Crippen molar-refractivity contribution in [2.75, 3.05) is 0 Å². The molecule has 0 bridgehead atoms. The van der Waals surface area contributed by atoms with Crippen LogP contribution < -0.4 is 0 Å². The lowest BCUT2D eigenvalue weighted by Crippen LogP contribution is -2.08. The molecule has 0 aromatic heterocycles. The zero-order valence-corrected chi connectivity index (χ0v) is 9.31. The molecule has 0 aromatic carbocycles. The summed E-state index contributed by atoms with van der Waals surface area (Å²) in [6, 6.07) is 0. The summed E-state index contributed by atoms with van der Waals surface area (Å²) < 4.78 is 0. The minimum absolute atomic E-state index is 0.333. The topological polar surface area (TPSA) is 17.1 Å². The van der Waals surface area contributed by atoms with E-state index < -0.39 is 0 Å². The molecule has 0 saturated carbocycles. The maximum absolute atomic E-state index is 10.9. The summed E-state index contributed by atoms with van der Waals surface area (Å²) in [4.78, 5) is 10.9. The molecule has 74 valence electrons. The van der Waals surface area contributed by atoms with Crippen LogP contribution in [0.25, 0.3) is 0 Å². The van der Waals surface area contributed by atoms with Crippen LogP contribution in [0.5, 0.6) is 0 Å². The smallest absolute Gasteiger partial charge is 0.132 e. The molecule has 0 aromatic rings. The quantitative estimate of drug-likeness (QED) is 0.616. The first-order valence-corrected chi connectivity index (χ1v) is 5.22. The van der Waals surface area contributed by atoms with Crippen LogP contribution in [-0.2, 0) is 4.79 Å². The van der Waals surface area contributed by atoms with Crippen LogP contribution in [0.3, 0.4) is 0 Å². The van der Waals surface area contributed by atoms with Gasteiger partial charge in [-0.05, 0) is 19.8 Å². The van der Waals surface area contributed by atoms with E-state index >= 15 is 0 Å². The van der Waals surface area contributed by atoms with Gasteiger partial charge in [0.05, 0.1) is 0 Å². The van der Waals surface area contributed by atoms with Crippen molar-refractivity contribution in [3.05, 3.63) is 0 Å². The fraction of sp³-hybridized carbons (Fsp3) is 0.909. The highest BCUT2D eigenvalue weighted by Crippen LogP contribution is 2.12. The van der Waals surface area contributed by atoms with E-state index in [0.29, 0.717) is 11.7 Å². The number of unbranched alkanes of at least 4 members (excludes halogenated alkanes) is 1. The van der Waals surface area contributed by atoms with E-state index in [9.17, 15) is 4.79 Å². The van der Waals surface area contributed by atoms with E-state index in [1.54, 1.807) is 6.92 Å². The summed E-state index contributed by atoms with van der Waals surface area (Å²) in [7, 11) is 0. The fourth-order valence-corrected chi connectivity index (χ4v) is 1.15. The van der Waals surface area contributed by atoms with Gasteiger partial charge in [-0.2, -0.15) is 0 Å². The predicted octanol–water partition coefficient (Wildman–Crippen LogP) is 3.82. The number of carbonyl (C=O) groups is 1. The van der Waals surface area contributed by atoms with Crippen molar-refractivity contribution in [1.82, 2.24) is 0 Å². The number of Topliss-reactive ketones (excluding diaryl/α,β-unsaturated/α-hetero) is 1. The Morgan fingerprint density at radius 2 is 1.75 bits per heavy atom. The molecule has 0 fully saturated rings. The van der Waals surface area contributed by atoms with Crippen molar-refractivity contribution in [2.45, 2.75) is 60.3 Å². The van der Waals surface area contributed by atoms with Crippen LogP contribution >= 0.6 is 0 Å². The monoisotopic (exact) mass is 172 g/mol. The summed E-state index contributed by atoms with van der Waals surface area (Å²) >= 11 is 0. The molecule has 0 saturated heterocycles. The van der Waals surface area contributed by atoms with Gasteiger partial charge in [-0.15, -0.1) is 0 Å². The molecule has 1 atom stereocenters. The third kappa shape index (κ3) is 7.77. The van der Waals surface area contributed by atoms with Gasteiger partial charge in [0.2, 0.25) is 0 Å². The zero-order valence-electron chi connectivity index (χ0n) is 9.31. The van der Waals surface area contributed by atoms with Gasteiger partial charge in [-0.25, -0.2) is 0 Å². The third-order valence-corrected chi connectivity index (χ3v) is 1.97. The van der Waals surface area contributed by atoms with E-state index in [2.05, 4.69) is 13.8 Å². The van der Waals surface area contributed by atoms with E-state index in [4.69, 9.17) is 0 Å². The predicted molar refractivity (Wildman–Crippen MR) is 55.3 cm³/mol. The Morgan fingerprint density at radius 3 is 2.00 bits per heavy atom. The second kappa shape index (κ2) is 10.7. The molecule has 0 aliphatic carbocycles. The molecule has 1 unspecified atom stereocenters. The first kappa shape index (κ1) is 14.2. The second-order valence-corrected chi connectivity index (χ2v) is 2.86. The van der Waals surface area contributed by atoms with Gasteiger partial charge in [0.15, 0.2) is 0 Å². The van der Waals surface area contributed by atoms with E-state index in [1.165, 1.54) is 12.8 Å². The largest absolute Gasteiger partial charge is 0.300 e. The van der Waals surface area contributed by atoms with Crippen molar-refractivity contribution in [3.8, 4) is 0 Å². The van der Waals surface area contributed by atoms with Crippen LogP contribution in [0.2, 0.25) is 0 Å². The lowest BCUT2D eigenvalue weighted by Gasteiger charge is -2.08. The van der Waals surface area contributed by atoms with Gasteiger partial charge in [0.25, 0.3) is 0 Å². The Kier molecular flexibility index (Phi) is 12.6. The molecule has 0 heterocycles. The van der Waals surface area contributed by atoms with Crippen LogP contribution in [0, 0.1) is 5.92 Å². The number of hydrogen-bond donors (Lipinski definition) is 0. The Morgan fingerprint density at radius 1 is 1.25 bits per heavy atom. The van der Waals surface area contributed by atoms with E-state index in [0.717, 1.165) is 12.8 Å². The molecular formula is C11H24O. The molecule has 0 N–H and O–H groups in total. The van der Waals surface area contributed by atoms with E-state index in [-0.39, 0.29) is 0 Å². The molecule has 0 aliphatic rings. The van der Waals surface area contributed by atoms with Crippen molar-refractivity contribution in [1.29, 1.82) is 0 Å². The van der Waals surface area contributed by atoms with Crippen molar-refractivity contribution in [2.24, 2.45) is 5.92 Å². The lowest BCUT2D eigenvalue weighted by atomic mass is 9.96. The highest BCUT2D eigenvalue weighted by atomic mass is 16.1. The second-order valence-electron chi connectivity index (χ2n) is 2.86. The number of carbonyl (C=O) groups excluding carboxylic acids is 1. The fourth-order valence-electron chi connectivity index (χ4n) is 1.15. The maximum atomic E-state index is 10.9.